The molecular weight excluding hydrogens is 366 g/mol. The maximum Gasteiger partial charge on any atom is 0.349 e. The first-order valence-corrected chi connectivity index (χ1v) is 10.9. The fourth-order valence-electron chi connectivity index (χ4n) is 5.09. The van der Waals surface area contributed by atoms with Crippen molar-refractivity contribution in [3.63, 3.8) is 0 Å². The fourth-order valence-corrected chi connectivity index (χ4v) is 6.80. The van der Waals surface area contributed by atoms with E-state index in [9.17, 15) is 9.90 Å². The Morgan fingerprint density at radius 2 is 1.77 bits per heavy atom. The third-order valence-corrected chi connectivity index (χ3v) is 7.97. The molecule has 26 heavy (non-hydrogen) atoms. The number of nitrogens with zero attached hydrogens (tertiary/aromatic N) is 1. The van der Waals surface area contributed by atoms with Crippen molar-refractivity contribution in [1.82, 2.24) is 0 Å². The Morgan fingerprint density at radius 1 is 1.15 bits per heavy atom. The van der Waals surface area contributed by atoms with Gasteiger partial charge in [-0.1, -0.05) is 12.1 Å². The Kier molecular flexibility index (Phi) is 4.50. The number of thiophene rings is 2. The summed E-state index contributed by atoms with van der Waals surface area (Å²) in [6.07, 6.45) is 3.16. The second-order valence-electron chi connectivity index (χ2n) is 8.45. The molecule has 140 valence electrons. The zero-order chi connectivity index (χ0) is 18.5. The zero-order valence-corrected chi connectivity index (χ0v) is 17.1. The molecule has 4 atom stereocenters. The number of carbonyl (C=O) groups excluding carboxylic acids is 1. The van der Waals surface area contributed by atoms with Crippen molar-refractivity contribution in [1.29, 1.82) is 0 Å². The Morgan fingerprint density at radius 3 is 2.23 bits per heavy atom. The predicted molar refractivity (Wildman–Crippen MR) is 104 cm³/mol. The summed E-state index contributed by atoms with van der Waals surface area (Å²) < 4.78 is 6.90. The second-order valence-corrected chi connectivity index (χ2v) is 10.3. The third kappa shape index (κ3) is 2.83. The molecule has 2 aromatic rings. The molecule has 2 bridgehead atoms. The highest BCUT2D eigenvalue weighted by Crippen LogP contribution is 2.50. The van der Waals surface area contributed by atoms with Crippen LogP contribution in [0.1, 0.15) is 29.0 Å². The average Bonchev–Trinajstić information content (AvgIpc) is 3.36. The van der Waals surface area contributed by atoms with Crippen molar-refractivity contribution < 1.29 is 19.1 Å². The van der Waals surface area contributed by atoms with Crippen LogP contribution in [0, 0.1) is 11.8 Å². The van der Waals surface area contributed by atoms with Crippen LogP contribution in [-0.2, 0) is 15.1 Å². The summed E-state index contributed by atoms with van der Waals surface area (Å²) in [7, 11) is 6.69. The molecule has 6 heteroatoms. The van der Waals surface area contributed by atoms with Gasteiger partial charge in [-0.2, -0.15) is 0 Å². The van der Waals surface area contributed by atoms with Crippen LogP contribution in [-0.4, -0.2) is 48.8 Å². The Bertz CT molecular complexity index is 729. The highest BCUT2D eigenvalue weighted by atomic mass is 32.1. The monoisotopic (exact) mass is 392 g/mol. The zero-order valence-electron chi connectivity index (χ0n) is 15.4. The normalized spacial score (nSPS) is 28.5. The Hall–Kier alpha value is -1.21. The lowest BCUT2D eigenvalue weighted by Crippen LogP contribution is -2.49. The number of carbonyl (C=O) groups is 1. The van der Waals surface area contributed by atoms with E-state index in [0.717, 1.165) is 17.3 Å². The minimum absolute atomic E-state index is 0.0879. The van der Waals surface area contributed by atoms with Gasteiger partial charge in [0.1, 0.15) is 6.10 Å². The van der Waals surface area contributed by atoms with Crippen molar-refractivity contribution in [3.05, 3.63) is 44.8 Å². The maximum atomic E-state index is 13.2. The first kappa shape index (κ1) is 18.2. The van der Waals surface area contributed by atoms with Gasteiger partial charge in [-0.15, -0.1) is 22.7 Å². The van der Waals surface area contributed by atoms with Gasteiger partial charge in [0.2, 0.25) is 5.60 Å². The van der Waals surface area contributed by atoms with Gasteiger partial charge >= 0.3 is 5.97 Å². The molecule has 0 saturated heterocycles. The van der Waals surface area contributed by atoms with E-state index in [4.69, 9.17) is 4.74 Å². The summed E-state index contributed by atoms with van der Waals surface area (Å²) >= 11 is 2.77. The van der Waals surface area contributed by atoms with Gasteiger partial charge in [-0.25, -0.2) is 4.79 Å². The van der Waals surface area contributed by atoms with Crippen LogP contribution in [0.2, 0.25) is 0 Å². The molecule has 2 aliphatic rings. The highest BCUT2D eigenvalue weighted by molar-refractivity contribution is 7.12. The topological polar surface area (TPSA) is 46.5 Å². The van der Waals surface area contributed by atoms with Crippen molar-refractivity contribution in [3.8, 4) is 0 Å². The summed E-state index contributed by atoms with van der Waals surface area (Å²) in [5.74, 6) is 0.467. The summed E-state index contributed by atoms with van der Waals surface area (Å²) in [6, 6.07) is 7.86. The summed E-state index contributed by atoms with van der Waals surface area (Å²) in [5.41, 5.74) is -1.70. The number of fused-ring (bicyclic) bond motifs is 2. The van der Waals surface area contributed by atoms with E-state index in [2.05, 4.69) is 21.1 Å². The van der Waals surface area contributed by atoms with Crippen molar-refractivity contribution in [2.45, 2.75) is 37.0 Å². The van der Waals surface area contributed by atoms with Crippen LogP contribution in [0.5, 0.6) is 0 Å². The van der Waals surface area contributed by atoms with Crippen LogP contribution in [0.15, 0.2) is 35.0 Å². The van der Waals surface area contributed by atoms with Gasteiger partial charge < -0.3 is 14.3 Å². The smallest absolute Gasteiger partial charge is 0.349 e. The molecule has 0 amide bonds. The van der Waals surface area contributed by atoms with E-state index in [1.807, 2.05) is 22.9 Å². The largest absolute Gasteiger partial charge is 0.459 e. The molecule has 4 rings (SSSR count). The molecular formula is C20H26NO3S2+. The highest BCUT2D eigenvalue weighted by Gasteiger charge is 2.57. The van der Waals surface area contributed by atoms with Crippen LogP contribution in [0.4, 0.5) is 0 Å². The van der Waals surface area contributed by atoms with Crippen LogP contribution in [0.3, 0.4) is 0 Å². The van der Waals surface area contributed by atoms with Crippen molar-refractivity contribution in [2.24, 2.45) is 11.8 Å². The lowest BCUT2D eigenvalue weighted by Gasteiger charge is -2.35. The first-order valence-electron chi connectivity index (χ1n) is 9.14. The molecule has 2 aromatic heterocycles. The summed E-state index contributed by atoms with van der Waals surface area (Å²) in [4.78, 5) is 14.4. The number of quaternary nitrogens is 1. The molecule has 0 aliphatic heterocycles. The molecule has 2 aliphatic carbocycles. The number of hydrogen-bond donors (Lipinski definition) is 1. The van der Waals surface area contributed by atoms with Crippen LogP contribution >= 0.6 is 22.7 Å². The fraction of sp³-hybridized carbons (Fsp3) is 0.550. The van der Waals surface area contributed by atoms with Crippen molar-refractivity contribution >= 4 is 28.6 Å². The SMILES string of the molecule is C[N+](C)(C)C1C2CC[C@@H]1[C@H](OC(=O)C(O)(c1cccs1)c1cccs1)C2. The minimum atomic E-state index is -1.70. The van der Waals surface area contributed by atoms with Crippen molar-refractivity contribution in [2.75, 3.05) is 21.1 Å². The molecule has 0 spiro atoms. The van der Waals surface area contributed by atoms with Gasteiger partial charge in [0, 0.05) is 11.8 Å². The first-order chi connectivity index (χ1) is 12.3. The van der Waals surface area contributed by atoms with E-state index in [0.29, 0.717) is 27.6 Å². The van der Waals surface area contributed by atoms with E-state index in [1.54, 1.807) is 12.1 Å². The molecule has 0 radical (unpaired) electrons. The van der Waals surface area contributed by atoms with Gasteiger partial charge in [-0.05, 0) is 42.2 Å². The Balaban J connectivity index is 1.59. The number of rotatable bonds is 5. The minimum Gasteiger partial charge on any atom is -0.459 e. The van der Waals surface area contributed by atoms with Gasteiger partial charge in [0.25, 0.3) is 0 Å². The summed E-state index contributed by atoms with van der Waals surface area (Å²) in [5, 5.41) is 15.2. The maximum absolute atomic E-state index is 13.2. The molecule has 1 N–H and O–H groups in total. The molecule has 2 unspecified atom stereocenters. The van der Waals surface area contributed by atoms with E-state index in [1.165, 1.54) is 29.1 Å². The Labute approximate surface area is 162 Å². The quantitative estimate of drug-likeness (QED) is 0.626. The number of hydrogen-bond acceptors (Lipinski definition) is 5. The molecule has 2 saturated carbocycles. The van der Waals surface area contributed by atoms with Gasteiger partial charge in [0.15, 0.2) is 0 Å². The van der Waals surface area contributed by atoms with Crippen LogP contribution < -0.4 is 0 Å². The lowest BCUT2D eigenvalue weighted by atomic mass is 9.96. The lowest BCUT2D eigenvalue weighted by molar-refractivity contribution is -0.900. The van der Waals surface area contributed by atoms with E-state index >= 15 is 0 Å². The number of ether oxygens (including phenoxy) is 1. The van der Waals surface area contributed by atoms with Crippen LogP contribution in [0.25, 0.3) is 0 Å². The standard InChI is InChI=1S/C20H26NO3S2/c1-21(2,3)18-13-8-9-14(18)15(12-13)24-19(22)20(23,16-6-4-10-25-16)17-7-5-11-26-17/h4-7,10-11,13-15,18,23H,8-9,12H2,1-3H3/q+1/t13?,14-,15-,18?/m1/s1. The molecule has 4 nitrogen and oxygen atoms in total. The molecule has 2 fully saturated rings. The van der Waals surface area contributed by atoms with E-state index in [-0.39, 0.29) is 6.10 Å². The number of aliphatic hydroxyl groups is 1. The predicted octanol–water partition coefficient (Wildman–Crippen LogP) is 3.46. The number of esters is 1. The summed E-state index contributed by atoms with van der Waals surface area (Å²) in [6.45, 7) is 0. The molecule has 2 heterocycles. The second kappa shape index (κ2) is 6.44. The van der Waals surface area contributed by atoms with Gasteiger partial charge in [0.05, 0.1) is 36.9 Å². The third-order valence-electron chi connectivity index (χ3n) is 6.01. The van der Waals surface area contributed by atoms with Gasteiger partial charge in [-0.3, -0.25) is 0 Å². The molecule has 0 aromatic carbocycles. The van der Waals surface area contributed by atoms with E-state index < -0.39 is 11.6 Å². The average molecular weight is 393 g/mol.